The predicted octanol–water partition coefficient (Wildman–Crippen LogP) is 3.46. The van der Waals surface area contributed by atoms with Crippen LogP contribution in [0.4, 0.5) is 16.3 Å². The molecular weight excluding hydrogens is 418 g/mol. The lowest BCUT2D eigenvalue weighted by Crippen LogP contribution is -2.23. The Morgan fingerprint density at radius 2 is 2.00 bits per heavy atom. The summed E-state index contributed by atoms with van der Waals surface area (Å²) >= 11 is 6.99. The van der Waals surface area contributed by atoms with E-state index in [4.69, 9.17) is 22.4 Å². The summed E-state index contributed by atoms with van der Waals surface area (Å²) < 4.78 is 0. The van der Waals surface area contributed by atoms with Gasteiger partial charge >= 0.3 is 12.0 Å². The van der Waals surface area contributed by atoms with E-state index in [-0.39, 0.29) is 22.8 Å². The Hall–Kier alpha value is -3.37. The number of benzene rings is 1. The number of aromatic amines is 1. The lowest BCUT2D eigenvalue weighted by Gasteiger charge is -2.09. The van der Waals surface area contributed by atoms with Gasteiger partial charge in [-0.15, -0.1) is 11.3 Å². The van der Waals surface area contributed by atoms with Gasteiger partial charge in [0.2, 0.25) is 0 Å². The van der Waals surface area contributed by atoms with Crippen LogP contribution in [0.3, 0.4) is 0 Å². The number of hydrogen-bond donors (Lipinski definition) is 5. The molecule has 2 aromatic heterocycles. The fourth-order valence-corrected chi connectivity index (χ4v) is 3.64. The number of nitrogens with two attached hydrogens (primary N) is 1. The summed E-state index contributed by atoms with van der Waals surface area (Å²) in [5.74, 6) is -1.43. The molecule has 0 fully saturated rings. The standard InChI is InChI=1S/C18H16ClN5O4S/c1-8-6-9(19)2-4-11(8)21-18(28)24-16-14(15(20)25)22-13(23-16)7-10-3-5-12(29-10)17(26)27/h2-6H,7H2,1H3,(H2,20,25)(H,22,23)(H,26,27)(H2,21,24,28). The first-order valence-electron chi connectivity index (χ1n) is 8.27. The molecule has 0 atom stereocenters. The zero-order chi connectivity index (χ0) is 21.1. The highest BCUT2D eigenvalue weighted by Crippen LogP contribution is 2.22. The molecule has 11 heteroatoms. The molecule has 3 aromatic rings. The smallest absolute Gasteiger partial charge is 0.345 e. The van der Waals surface area contributed by atoms with Crippen molar-refractivity contribution in [3.8, 4) is 0 Å². The number of nitrogens with zero attached hydrogens (tertiary/aromatic N) is 1. The SMILES string of the molecule is Cc1cc(Cl)ccc1NC(=O)Nc1[nH]c(Cc2ccc(C(=O)O)s2)nc1C(N)=O. The summed E-state index contributed by atoms with van der Waals surface area (Å²) in [5.41, 5.74) is 6.54. The third-order valence-electron chi connectivity index (χ3n) is 3.88. The number of aryl methyl sites for hydroxylation is 1. The summed E-state index contributed by atoms with van der Waals surface area (Å²) in [6, 6.07) is 7.54. The van der Waals surface area contributed by atoms with E-state index in [0.29, 0.717) is 16.5 Å². The molecule has 3 amide bonds. The van der Waals surface area contributed by atoms with Gasteiger partial charge in [0.25, 0.3) is 5.91 Å². The van der Waals surface area contributed by atoms with Gasteiger partial charge in [-0.2, -0.15) is 0 Å². The fourth-order valence-electron chi connectivity index (χ4n) is 2.56. The van der Waals surface area contributed by atoms with Crippen molar-refractivity contribution < 1.29 is 19.5 Å². The van der Waals surface area contributed by atoms with Crippen molar-refractivity contribution >= 4 is 52.4 Å². The van der Waals surface area contributed by atoms with Gasteiger partial charge in [0.05, 0.1) is 0 Å². The van der Waals surface area contributed by atoms with Gasteiger partial charge in [-0.05, 0) is 42.8 Å². The maximum Gasteiger partial charge on any atom is 0.345 e. The Bertz CT molecular complexity index is 1110. The molecule has 1 aromatic carbocycles. The molecule has 9 nitrogen and oxygen atoms in total. The molecule has 0 saturated heterocycles. The molecule has 150 valence electrons. The first-order valence-corrected chi connectivity index (χ1v) is 9.47. The lowest BCUT2D eigenvalue weighted by atomic mass is 10.2. The van der Waals surface area contributed by atoms with Crippen LogP contribution in [0.1, 0.15) is 36.4 Å². The maximum absolute atomic E-state index is 12.3. The summed E-state index contributed by atoms with van der Waals surface area (Å²) in [5, 5.41) is 14.7. The highest BCUT2D eigenvalue weighted by molar-refractivity contribution is 7.13. The monoisotopic (exact) mass is 433 g/mol. The van der Waals surface area contributed by atoms with Crippen LogP contribution in [0.15, 0.2) is 30.3 Å². The summed E-state index contributed by atoms with van der Waals surface area (Å²) in [6.45, 7) is 1.79. The molecule has 0 spiro atoms. The van der Waals surface area contributed by atoms with E-state index in [0.717, 1.165) is 21.8 Å². The van der Waals surface area contributed by atoms with Crippen LogP contribution in [0, 0.1) is 6.92 Å². The van der Waals surface area contributed by atoms with Crippen molar-refractivity contribution in [2.45, 2.75) is 13.3 Å². The second-order valence-electron chi connectivity index (χ2n) is 6.06. The number of carbonyl (C=O) groups excluding carboxylic acids is 2. The van der Waals surface area contributed by atoms with Gasteiger partial charge in [-0.25, -0.2) is 14.6 Å². The number of carboxylic acid groups (broad SMARTS) is 1. The zero-order valence-electron chi connectivity index (χ0n) is 15.1. The first kappa shape index (κ1) is 20.4. The molecule has 3 rings (SSSR count). The van der Waals surface area contributed by atoms with Gasteiger partial charge in [-0.3, -0.25) is 10.1 Å². The number of nitrogens with one attached hydrogen (secondary N) is 3. The van der Waals surface area contributed by atoms with Gasteiger partial charge in [0.15, 0.2) is 5.69 Å². The van der Waals surface area contributed by atoms with Crippen molar-refractivity contribution in [1.29, 1.82) is 0 Å². The highest BCUT2D eigenvalue weighted by Gasteiger charge is 2.18. The van der Waals surface area contributed by atoms with Crippen LogP contribution in [-0.4, -0.2) is 33.0 Å². The van der Waals surface area contributed by atoms with Crippen molar-refractivity contribution in [2.24, 2.45) is 5.73 Å². The third-order valence-corrected chi connectivity index (χ3v) is 5.18. The largest absolute Gasteiger partial charge is 0.477 e. The number of hydrogen-bond acceptors (Lipinski definition) is 5. The minimum Gasteiger partial charge on any atom is -0.477 e. The molecule has 29 heavy (non-hydrogen) atoms. The summed E-state index contributed by atoms with van der Waals surface area (Å²) in [7, 11) is 0. The fraction of sp³-hybridized carbons (Fsp3) is 0.111. The number of carboxylic acids is 1. The third kappa shape index (κ3) is 4.92. The van der Waals surface area contributed by atoms with Crippen LogP contribution in [0.5, 0.6) is 0 Å². The van der Waals surface area contributed by atoms with Gasteiger partial charge < -0.3 is 21.1 Å². The number of halogens is 1. The number of anilines is 2. The lowest BCUT2D eigenvalue weighted by molar-refractivity contribution is 0.0702. The number of H-pyrrole nitrogens is 1. The molecule has 0 aliphatic heterocycles. The summed E-state index contributed by atoms with van der Waals surface area (Å²) in [4.78, 5) is 42.9. The number of aromatic carboxylic acids is 1. The zero-order valence-corrected chi connectivity index (χ0v) is 16.6. The Balaban J connectivity index is 1.76. The van der Waals surface area contributed by atoms with Gasteiger partial charge in [0.1, 0.15) is 16.5 Å². The minimum absolute atomic E-state index is 0.0478. The molecular formula is C18H16ClN5O4S. The molecule has 0 bridgehead atoms. The van der Waals surface area contributed by atoms with E-state index in [1.807, 2.05) is 0 Å². The number of imidazole rings is 1. The molecule has 2 heterocycles. The molecule has 0 aliphatic carbocycles. The summed E-state index contributed by atoms with van der Waals surface area (Å²) in [6.07, 6.45) is 0.248. The number of primary amides is 1. The van der Waals surface area contributed by atoms with E-state index in [9.17, 15) is 14.4 Å². The van der Waals surface area contributed by atoms with E-state index >= 15 is 0 Å². The Kier molecular flexibility index (Phi) is 5.85. The van der Waals surface area contributed by atoms with Crippen LogP contribution >= 0.6 is 22.9 Å². The van der Waals surface area contributed by atoms with Crippen molar-refractivity contribution in [2.75, 3.05) is 10.6 Å². The quantitative estimate of drug-likeness (QED) is 0.403. The number of urea groups is 1. The first-order chi connectivity index (χ1) is 13.7. The topological polar surface area (TPSA) is 150 Å². The Morgan fingerprint density at radius 1 is 1.24 bits per heavy atom. The number of aromatic nitrogens is 2. The average Bonchev–Trinajstić information content (AvgIpc) is 3.25. The van der Waals surface area contributed by atoms with E-state index in [1.54, 1.807) is 31.2 Å². The van der Waals surface area contributed by atoms with Crippen LogP contribution < -0.4 is 16.4 Å². The van der Waals surface area contributed by atoms with Crippen molar-refractivity contribution in [3.05, 3.63) is 62.2 Å². The van der Waals surface area contributed by atoms with Gasteiger partial charge in [-0.1, -0.05) is 11.6 Å². The average molecular weight is 434 g/mol. The predicted molar refractivity (Wildman–Crippen MR) is 110 cm³/mol. The normalized spacial score (nSPS) is 10.6. The minimum atomic E-state index is -1.02. The maximum atomic E-state index is 12.3. The molecule has 0 saturated carbocycles. The molecule has 0 unspecified atom stereocenters. The second-order valence-corrected chi connectivity index (χ2v) is 7.66. The number of rotatable bonds is 6. The van der Waals surface area contributed by atoms with Crippen molar-refractivity contribution in [1.82, 2.24) is 9.97 Å². The van der Waals surface area contributed by atoms with E-state index < -0.39 is 17.9 Å². The number of amides is 3. The van der Waals surface area contributed by atoms with Crippen LogP contribution in [-0.2, 0) is 6.42 Å². The number of carbonyl (C=O) groups is 3. The molecule has 0 radical (unpaired) electrons. The molecule has 6 N–H and O–H groups in total. The Morgan fingerprint density at radius 3 is 2.62 bits per heavy atom. The highest BCUT2D eigenvalue weighted by atomic mass is 35.5. The molecule has 0 aliphatic rings. The second kappa shape index (κ2) is 8.33. The number of thiophene rings is 1. The van der Waals surface area contributed by atoms with Crippen LogP contribution in [0.25, 0.3) is 0 Å². The van der Waals surface area contributed by atoms with Crippen molar-refractivity contribution in [3.63, 3.8) is 0 Å². The van der Waals surface area contributed by atoms with Crippen LogP contribution in [0.2, 0.25) is 5.02 Å². The van der Waals surface area contributed by atoms with E-state index in [2.05, 4.69) is 20.6 Å². The van der Waals surface area contributed by atoms with E-state index in [1.165, 1.54) is 6.07 Å². The van der Waals surface area contributed by atoms with Gasteiger partial charge in [0, 0.05) is 22.0 Å². The Labute approximate surface area is 173 Å².